The topological polar surface area (TPSA) is 66.4 Å². The zero-order valence-electron chi connectivity index (χ0n) is 10.7. The lowest BCUT2D eigenvalue weighted by molar-refractivity contribution is -0.141. The van der Waals surface area contributed by atoms with Gasteiger partial charge >= 0.3 is 5.97 Å². The van der Waals surface area contributed by atoms with Crippen molar-refractivity contribution >= 4 is 27.8 Å². The molecule has 0 heterocycles. The summed E-state index contributed by atoms with van der Waals surface area (Å²) >= 11 is 3.06. The van der Waals surface area contributed by atoms with Crippen molar-refractivity contribution in [2.24, 2.45) is 5.92 Å². The first-order chi connectivity index (χ1) is 9.45. The Hall–Kier alpha value is -1.43. The molecule has 1 aliphatic carbocycles. The van der Waals surface area contributed by atoms with Crippen molar-refractivity contribution in [3.63, 3.8) is 0 Å². The molecule has 1 aliphatic rings. The fourth-order valence-corrected chi connectivity index (χ4v) is 2.70. The highest BCUT2D eigenvalue weighted by Gasteiger charge is 2.30. The Kier molecular flexibility index (Phi) is 4.75. The van der Waals surface area contributed by atoms with Crippen LogP contribution in [0.25, 0.3) is 0 Å². The molecule has 2 rings (SSSR count). The molecular formula is C14H15BrFNO3. The van der Waals surface area contributed by atoms with Crippen LogP contribution in [0.5, 0.6) is 0 Å². The molecule has 1 amide bonds. The Morgan fingerprint density at radius 3 is 2.75 bits per heavy atom. The SMILES string of the molecule is O=C(Cc1ccc(Br)c(F)c1)N[C@H]1CC[C@@H](C(=O)O)C1. The second kappa shape index (κ2) is 6.35. The Balaban J connectivity index is 1.87. The van der Waals surface area contributed by atoms with Crippen LogP contribution >= 0.6 is 15.9 Å². The van der Waals surface area contributed by atoms with Crippen molar-refractivity contribution in [3.8, 4) is 0 Å². The van der Waals surface area contributed by atoms with Crippen molar-refractivity contribution in [1.82, 2.24) is 5.32 Å². The maximum Gasteiger partial charge on any atom is 0.306 e. The maximum atomic E-state index is 13.3. The Morgan fingerprint density at radius 1 is 1.40 bits per heavy atom. The van der Waals surface area contributed by atoms with Gasteiger partial charge in [-0.2, -0.15) is 0 Å². The average molecular weight is 344 g/mol. The lowest BCUT2D eigenvalue weighted by Gasteiger charge is -2.12. The van der Waals surface area contributed by atoms with Gasteiger partial charge in [-0.05, 0) is 52.9 Å². The van der Waals surface area contributed by atoms with E-state index in [2.05, 4.69) is 21.2 Å². The summed E-state index contributed by atoms with van der Waals surface area (Å²) in [5.41, 5.74) is 0.594. The Morgan fingerprint density at radius 2 is 2.15 bits per heavy atom. The molecule has 20 heavy (non-hydrogen) atoms. The molecule has 1 aromatic carbocycles. The summed E-state index contributed by atoms with van der Waals surface area (Å²) in [6.45, 7) is 0. The average Bonchev–Trinajstić information content (AvgIpc) is 2.82. The van der Waals surface area contributed by atoms with Gasteiger partial charge in [-0.3, -0.25) is 9.59 Å². The van der Waals surface area contributed by atoms with Gasteiger partial charge in [-0.25, -0.2) is 4.39 Å². The summed E-state index contributed by atoms with van der Waals surface area (Å²) in [4.78, 5) is 22.7. The number of carbonyl (C=O) groups is 2. The number of hydrogen-bond acceptors (Lipinski definition) is 2. The van der Waals surface area contributed by atoms with E-state index in [1.807, 2.05) is 0 Å². The first-order valence-electron chi connectivity index (χ1n) is 6.42. The predicted molar refractivity (Wildman–Crippen MR) is 74.7 cm³/mol. The van der Waals surface area contributed by atoms with Gasteiger partial charge in [0.2, 0.25) is 5.91 Å². The molecule has 0 aromatic heterocycles. The largest absolute Gasteiger partial charge is 0.481 e. The van der Waals surface area contributed by atoms with E-state index in [0.717, 1.165) is 0 Å². The van der Waals surface area contributed by atoms with Gasteiger partial charge in [0.15, 0.2) is 0 Å². The number of nitrogens with one attached hydrogen (secondary N) is 1. The summed E-state index contributed by atoms with van der Waals surface area (Å²) in [5.74, 6) is -1.79. The first kappa shape index (κ1) is 15.0. The first-order valence-corrected chi connectivity index (χ1v) is 7.21. The summed E-state index contributed by atoms with van der Waals surface area (Å²) in [5, 5.41) is 11.7. The molecule has 1 fully saturated rings. The number of aliphatic carboxylic acids is 1. The molecule has 0 bridgehead atoms. The molecule has 6 heteroatoms. The zero-order valence-corrected chi connectivity index (χ0v) is 12.3. The number of carbonyl (C=O) groups excluding carboxylic acids is 1. The van der Waals surface area contributed by atoms with Gasteiger partial charge in [0.05, 0.1) is 16.8 Å². The third-order valence-corrected chi connectivity index (χ3v) is 4.14. The van der Waals surface area contributed by atoms with E-state index in [1.165, 1.54) is 6.07 Å². The molecule has 0 aliphatic heterocycles. The van der Waals surface area contributed by atoms with Crippen molar-refractivity contribution in [1.29, 1.82) is 0 Å². The van der Waals surface area contributed by atoms with Gasteiger partial charge in [-0.1, -0.05) is 6.07 Å². The molecule has 108 valence electrons. The van der Waals surface area contributed by atoms with Crippen LogP contribution in [0.1, 0.15) is 24.8 Å². The highest BCUT2D eigenvalue weighted by molar-refractivity contribution is 9.10. The van der Waals surface area contributed by atoms with Crippen LogP contribution in [0.4, 0.5) is 4.39 Å². The number of carboxylic acid groups (broad SMARTS) is 1. The minimum atomic E-state index is -0.809. The van der Waals surface area contributed by atoms with Crippen molar-refractivity contribution in [3.05, 3.63) is 34.1 Å². The summed E-state index contributed by atoms with van der Waals surface area (Å²) < 4.78 is 13.7. The molecule has 0 spiro atoms. The van der Waals surface area contributed by atoms with Crippen LogP contribution < -0.4 is 5.32 Å². The van der Waals surface area contributed by atoms with Gasteiger partial charge in [0.1, 0.15) is 5.82 Å². The highest BCUT2D eigenvalue weighted by Crippen LogP contribution is 2.25. The number of halogens is 2. The summed E-state index contributed by atoms with van der Waals surface area (Å²) in [7, 11) is 0. The van der Waals surface area contributed by atoms with E-state index >= 15 is 0 Å². The lowest BCUT2D eigenvalue weighted by Crippen LogP contribution is -2.34. The van der Waals surface area contributed by atoms with Gasteiger partial charge in [0.25, 0.3) is 0 Å². The molecule has 2 atom stereocenters. The van der Waals surface area contributed by atoms with Crippen molar-refractivity contribution < 1.29 is 19.1 Å². The van der Waals surface area contributed by atoms with Crippen LogP contribution in [0.2, 0.25) is 0 Å². The van der Waals surface area contributed by atoms with E-state index in [-0.39, 0.29) is 24.3 Å². The van der Waals surface area contributed by atoms with Crippen LogP contribution in [-0.2, 0) is 16.0 Å². The van der Waals surface area contributed by atoms with Crippen LogP contribution in [0.3, 0.4) is 0 Å². The number of carboxylic acids is 1. The second-order valence-corrected chi connectivity index (χ2v) is 5.89. The quantitative estimate of drug-likeness (QED) is 0.882. The predicted octanol–water partition coefficient (Wildman–Crippen LogP) is 2.50. The van der Waals surface area contributed by atoms with E-state index in [9.17, 15) is 14.0 Å². The summed E-state index contributed by atoms with van der Waals surface area (Å²) in [6, 6.07) is 4.47. The van der Waals surface area contributed by atoms with E-state index < -0.39 is 11.8 Å². The number of hydrogen-bond donors (Lipinski definition) is 2. The second-order valence-electron chi connectivity index (χ2n) is 5.04. The van der Waals surface area contributed by atoms with E-state index in [0.29, 0.717) is 29.3 Å². The molecular weight excluding hydrogens is 329 g/mol. The zero-order chi connectivity index (χ0) is 14.7. The molecule has 1 saturated carbocycles. The molecule has 1 aromatic rings. The number of benzene rings is 1. The minimum absolute atomic E-state index is 0.0936. The third kappa shape index (κ3) is 3.79. The smallest absolute Gasteiger partial charge is 0.306 e. The fourth-order valence-electron chi connectivity index (χ4n) is 2.45. The fraction of sp³-hybridized carbons (Fsp3) is 0.429. The molecule has 0 saturated heterocycles. The van der Waals surface area contributed by atoms with Crippen LogP contribution in [0.15, 0.2) is 22.7 Å². The van der Waals surface area contributed by atoms with Gasteiger partial charge in [0, 0.05) is 6.04 Å². The molecule has 2 N–H and O–H groups in total. The van der Waals surface area contributed by atoms with Crippen LogP contribution in [-0.4, -0.2) is 23.0 Å². The third-order valence-electron chi connectivity index (χ3n) is 3.50. The van der Waals surface area contributed by atoms with Gasteiger partial charge in [-0.15, -0.1) is 0 Å². The summed E-state index contributed by atoms with van der Waals surface area (Å²) in [6.07, 6.45) is 1.83. The minimum Gasteiger partial charge on any atom is -0.481 e. The Bertz CT molecular complexity index is 535. The normalized spacial score (nSPS) is 21.7. The maximum absolute atomic E-state index is 13.3. The van der Waals surface area contributed by atoms with Gasteiger partial charge < -0.3 is 10.4 Å². The van der Waals surface area contributed by atoms with E-state index in [1.54, 1.807) is 12.1 Å². The van der Waals surface area contributed by atoms with E-state index in [4.69, 9.17) is 5.11 Å². The molecule has 0 unspecified atom stereocenters. The lowest BCUT2D eigenvalue weighted by atomic mass is 10.1. The van der Waals surface area contributed by atoms with Crippen molar-refractivity contribution in [2.75, 3.05) is 0 Å². The number of rotatable bonds is 4. The molecule has 0 radical (unpaired) electrons. The standard InChI is InChI=1S/C14H15BrFNO3/c15-11-4-1-8(5-12(11)16)6-13(18)17-10-3-2-9(7-10)14(19)20/h1,4-5,9-10H,2-3,6-7H2,(H,17,18)(H,19,20)/t9-,10+/m1/s1. The highest BCUT2D eigenvalue weighted by atomic mass is 79.9. The molecule has 4 nitrogen and oxygen atoms in total. The number of amides is 1. The van der Waals surface area contributed by atoms with Crippen LogP contribution in [0, 0.1) is 11.7 Å². The monoisotopic (exact) mass is 343 g/mol. The Labute approximate surface area is 124 Å². The van der Waals surface area contributed by atoms with Crippen molar-refractivity contribution in [2.45, 2.75) is 31.7 Å².